The van der Waals surface area contributed by atoms with Gasteiger partial charge in [0.1, 0.15) is 11.8 Å². The van der Waals surface area contributed by atoms with Crippen molar-refractivity contribution >= 4 is 38.9 Å². The van der Waals surface area contributed by atoms with Gasteiger partial charge in [-0.1, -0.05) is 24.6 Å². The van der Waals surface area contributed by atoms with Crippen LogP contribution in [-0.2, 0) is 14.8 Å². The number of rotatable bonds is 7. The summed E-state index contributed by atoms with van der Waals surface area (Å²) in [6.45, 7) is 5.69. The Bertz CT molecular complexity index is 976. The Morgan fingerprint density at radius 2 is 1.86 bits per heavy atom. The molecule has 2 aromatic rings. The molecule has 0 saturated heterocycles. The molecule has 0 radical (unpaired) electrons. The highest BCUT2D eigenvalue weighted by molar-refractivity contribution is 7.92. The summed E-state index contributed by atoms with van der Waals surface area (Å²) in [4.78, 5) is 12.9. The third kappa shape index (κ3) is 4.97. The molecule has 0 aliphatic heterocycles. The highest BCUT2D eigenvalue weighted by Gasteiger charge is 2.32. The molecule has 0 aliphatic rings. The molecule has 2 rings (SSSR count). The van der Waals surface area contributed by atoms with Gasteiger partial charge in [-0.2, -0.15) is 0 Å². The van der Waals surface area contributed by atoms with Crippen molar-refractivity contribution in [2.75, 3.05) is 23.0 Å². The average Bonchev–Trinajstić information content (AvgIpc) is 2.61. The van der Waals surface area contributed by atoms with Crippen molar-refractivity contribution in [2.24, 2.45) is 0 Å². The third-order valence-corrected chi connectivity index (χ3v) is 5.97. The van der Waals surface area contributed by atoms with Crippen LogP contribution in [0.2, 0.25) is 5.02 Å². The smallest absolute Gasteiger partial charge is 0.248 e. The van der Waals surface area contributed by atoms with Gasteiger partial charge in [-0.05, 0) is 61.7 Å². The number of carbonyl (C=O) groups excluding carboxylic acids is 1. The molecule has 1 amide bonds. The van der Waals surface area contributed by atoms with Crippen LogP contribution in [0.25, 0.3) is 0 Å². The van der Waals surface area contributed by atoms with Crippen LogP contribution in [0, 0.1) is 13.8 Å². The van der Waals surface area contributed by atoms with Crippen molar-refractivity contribution < 1.29 is 17.9 Å². The van der Waals surface area contributed by atoms with E-state index in [-0.39, 0.29) is 11.4 Å². The Morgan fingerprint density at radius 1 is 1.18 bits per heavy atom. The van der Waals surface area contributed by atoms with Crippen LogP contribution >= 0.6 is 11.6 Å². The van der Waals surface area contributed by atoms with E-state index < -0.39 is 22.0 Å². The van der Waals surface area contributed by atoms with E-state index in [2.05, 4.69) is 5.32 Å². The van der Waals surface area contributed by atoms with E-state index in [0.29, 0.717) is 17.1 Å². The number of carbonyl (C=O) groups is 1. The molecule has 0 spiro atoms. The molecule has 0 bridgehead atoms. The Labute approximate surface area is 171 Å². The second kappa shape index (κ2) is 8.84. The lowest BCUT2D eigenvalue weighted by atomic mass is 10.1. The number of hydrogen-bond donors (Lipinski definition) is 1. The fourth-order valence-corrected chi connectivity index (χ4v) is 4.35. The van der Waals surface area contributed by atoms with Gasteiger partial charge in [-0.15, -0.1) is 0 Å². The maximum atomic E-state index is 12.9. The first kappa shape index (κ1) is 22.0. The topological polar surface area (TPSA) is 75.7 Å². The number of aryl methyl sites for hydroxylation is 2. The number of ether oxygens (including phenoxy) is 1. The van der Waals surface area contributed by atoms with Crippen molar-refractivity contribution in [1.29, 1.82) is 0 Å². The second-order valence-corrected chi connectivity index (χ2v) is 8.86. The molecule has 0 saturated carbocycles. The second-order valence-electron chi connectivity index (χ2n) is 6.59. The summed E-state index contributed by atoms with van der Waals surface area (Å²) in [6, 6.07) is 9.25. The number of anilines is 2. The van der Waals surface area contributed by atoms with E-state index >= 15 is 0 Å². The van der Waals surface area contributed by atoms with Crippen molar-refractivity contribution in [1.82, 2.24) is 0 Å². The average molecular weight is 425 g/mol. The van der Waals surface area contributed by atoms with E-state index in [1.54, 1.807) is 25.1 Å². The zero-order valence-corrected chi connectivity index (χ0v) is 18.2. The molecule has 0 fully saturated rings. The molecule has 1 N–H and O–H groups in total. The predicted octanol–water partition coefficient (Wildman–Crippen LogP) is 4.15. The number of halogens is 1. The molecule has 6 nitrogen and oxygen atoms in total. The molecule has 28 heavy (non-hydrogen) atoms. The number of benzene rings is 2. The SMILES string of the molecule is CCC(C(=O)Nc1ccc(C)c(C)c1)N(c1ccc(OC)c(Cl)c1)S(C)(=O)=O. The minimum Gasteiger partial charge on any atom is -0.495 e. The first-order valence-corrected chi connectivity index (χ1v) is 11.0. The lowest BCUT2D eigenvalue weighted by Crippen LogP contribution is -2.47. The Kier molecular flexibility index (Phi) is 6.96. The quantitative estimate of drug-likeness (QED) is 0.724. The van der Waals surface area contributed by atoms with Crippen molar-refractivity contribution in [2.45, 2.75) is 33.2 Å². The van der Waals surface area contributed by atoms with E-state index in [4.69, 9.17) is 16.3 Å². The van der Waals surface area contributed by atoms with Gasteiger partial charge in [-0.3, -0.25) is 9.10 Å². The molecular formula is C20H25ClN2O4S. The first-order chi connectivity index (χ1) is 13.1. The number of hydrogen-bond acceptors (Lipinski definition) is 4. The monoisotopic (exact) mass is 424 g/mol. The highest BCUT2D eigenvalue weighted by Crippen LogP contribution is 2.32. The van der Waals surface area contributed by atoms with Crippen molar-refractivity contribution in [3.63, 3.8) is 0 Å². The van der Waals surface area contributed by atoms with Gasteiger partial charge in [0.05, 0.1) is 24.1 Å². The minimum atomic E-state index is -3.74. The summed E-state index contributed by atoms with van der Waals surface area (Å²) in [7, 11) is -2.27. The van der Waals surface area contributed by atoms with Crippen LogP contribution in [-0.4, -0.2) is 33.7 Å². The zero-order chi connectivity index (χ0) is 21.1. The number of methoxy groups -OCH3 is 1. The normalized spacial score (nSPS) is 12.4. The molecule has 2 aromatic carbocycles. The lowest BCUT2D eigenvalue weighted by molar-refractivity contribution is -0.117. The maximum absolute atomic E-state index is 12.9. The molecule has 8 heteroatoms. The van der Waals surface area contributed by atoms with Crippen LogP contribution in [0.15, 0.2) is 36.4 Å². The summed E-state index contributed by atoms with van der Waals surface area (Å²) in [6.07, 6.45) is 1.35. The van der Waals surface area contributed by atoms with E-state index in [9.17, 15) is 13.2 Å². The summed E-state index contributed by atoms with van der Waals surface area (Å²) in [5.41, 5.74) is 3.06. The van der Waals surface area contributed by atoms with Crippen molar-refractivity contribution in [3.8, 4) is 5.75 Å². The van der Waals surface area contributed by atoms with Crippen LogP contribution in [0.3, 0.4) is 0 Å². The fourth-order valence-electron chi connectivity index (χ4n) is 2.90. The van der Waals surface area contributed by atoms with Gasteiger partial charge < -0.3 is 10.1 Å². The molecule has 152 valence electrons. The zero-order valence-electron chi connectivity index (χ0n) is 16.6. The Morgan fingerprint density at radius 3 is 2.36 bits per heavy atom. The standard InChI is InChI=1S/C20H25ClN2O4S/c1-6-18(20(24)22-15-8-7-13(2)14(3)11-15)23(28(5,25)26)16-9-10-19(27-4)17(21)12-16/h7-12,18H,6H2,1-5H3,(H,22,24). The van der Waals surface area contributed by atoms with Gasteiger partial charge in [0, 0.05) is 5.69 Å². The molecular weight excluding hydrogens is 400 g/mol. The highest BCUT2D eigenvalue weighted by atomic mass is 35.5. The summed E-state index contributed by atoms with van der Waals surface area (Å²) in [5, 5.41) is 3.08. The lowest BCUT2D eigenvalue weighted by Gasteiger charge is -2.30. The van der Waals surface area contributed by atoms with Gasteiger partial charge in [0.25, 0.3) is 0 Å². The van der Waals surface area contributed by atoms with Crippen molar-refractivity contribution in [3.05, 3.63) is 52.5 Å². The summed E-state index contributed by atoms with van der Waals surface area (Å²) in [5.74, 6) is 0.00890. The predicted molar refractivity (Wildman–Crippen MR) is 114 cm³/mol. The van der Waals surface area contributed by atoms with E-state index in [1.807, 2.05) is 26.0 Å². The fraction of sp³-hybridized carbons (Fsp3) is 0.350. The molecule has 0 aliphatic carbocycles. The van der Waals surface area contributed by atoms with Gasteiger partial charge in [0.2, 0.25) is 15.9 Å². The van der Waals surface area contributed by atoms with E-state index in [0.717, 1.165) is 21.7 Å². The number of nitrogens with zero attached hydrogens (tertiary/aromatic N) is 1. The number of amides is 1. The van der Waals surface area contributed by atoms with Crippen LogP contribution in [0.5, 0.6) is 5.75 Å². The number of sulfonamides is 1. The minimum absolute atomic E-state index is 0.262. The molecule has 1 atom stereocenters. The molecule has 0 heterocycles. The van der Waals surface area contributed by atoms with Crippen LogP contribution < -0.4 is 14.4 Å². The summed E-state index contributed by atoms with van der Waals surface area (Å²) < 4.78 is 31.3. The maximum Gasteiger partial charge on any atom is 0.248 e. The molecule has 0 aromatic heterocycles. The first-order valence-electron chi connectivity index (χ1n) is 8.79. The largest absolute Gasteiger partial charge is 0.495 e. The van der Waals surface area contributed by atoms with Gasteiger partial charge >= 0.3 is 0 Å². The Hall–Kier alpha value is -2.25. The van der Waals surface area contributed by atoms with Gasteiger partial charge in [0.15, 0.2) is 0 Å². The van der Waals surface area contributed by atoms with Gasteiger partial charge in [-0.25, -0.2) is 8.42 Å². The molecule has 1 unspecified atom stereocenters. The summed E-state index contributed by atoms with van der Waals surface area (Å²) >= 11 is 6.17. The number of nitrogens with one attached hydrogen (secondary N) is 1. The third-order valence-electron chi connectivity index (χ3n) is 4.49. The van der Waals surface area contributed by atoms with Crippen LogP contribution in [0.4, 0.5) is 11.4 Å². The van der Waals surface area contributed by atoms with E-state index in [1.165, 1.54) is 13.2 Å². The van der Waals surface area contributed by atoms with Crippen LogP contribution in [0.1, 0.15) is 24.5 Å². The Balaban J connectivity index is 2.41.